The standard InChI is InChI=1S/C16H14O2/c17-9-15-7-13-5-11-3-1-2-4-12(11)6-14(13)8-16(15)10-18/h1-8,17-18H,9-10H2. The van der Waals surface area contributed by atoms with Gasteiger partial charge in [-0.2, -0.15) is 0 Å². The fourth-order valence-electron chi connectivity index (χ4n) is 2.38. The molecule has 0 radical (unpaired) electrons. The van der Waals surface area contributed by atoms with Gasteiger partial charge in [0.2, 0.25) is 0 Å². The van der Waals surface area contributed by atoms with E-state index in [1.807, 2.05) is 24.3 Å². The van der Waals surface area contributed by atoms with E-state index in [0.29, 0.717) is 0 Å². The van der Waals surface area contributed by atoms with E-state index in [2.05, 4.69) is 24.3 Å². The minimum atomic E-state index is -0.0430. The molecule has 0 aliphatic carbocycles. The van der Waals surface area contributed by atoms with Gasteiger partial charge in [-0.3, -0.25) is 0 Å². The summed E-state index contributed by atoms with van der Waals surface area (Å²) in [6.45, 7) is -0.0860. The molecule has 2 N–H and O–H groups in total. The monoisotopic (exact) mass is 238 g/mol. The highest BCUT2D eigenvalue weighted by Gasteiger charge is 2.04. The average Bonchev–Trinajstić information content (AvgIpc) is 2.43. The molecule has 0 heterocycles. The molecule has 2 heteroatoms. The molecule has 0 fully saturated rings. The van der Waals surface area contributed by atoms with Gasteiger partial charge in [-0.05, 0) is 56.9 Å². The third-order valence-electron chi connectivity index (χ3n) is 3.36. The molecule has 0 bridgehead atoms. The summed E-state index contributed by atoms with van der Waals surface area (Å²) in [6.07, 6.45) is 0. The van der Waals surface area contributed by atoms with E-state index in [9.17, 15) is 10.2 Å². The Morgan fingerprint density at radius 2 is 1.06 bits per heavy atom. The summed E-state index contributed by atoms with van der Waals surface area (Å²) in [5, 5.41) is 23.2. The highest BCUT2D eigenvalue weighted by molar-refractivity contribution is 5.98. The smallest absolute Gasteiger partial charge is 0.0685 e. The summed E-state index contributed by atoms with van der Waals surface area (Å²) < 4.78 is 0. The summed E-state index contributed by atoms with van der Waals surface area (Å²) in [4.78, 5) is 0. The van der Waals surface area contributed by atoms with Gasteiger partial charge in [-0.1, -0.05) is 24.3 Å². The van der Waals surface area contributed by atoms with Crippen molar-refractivity contribution in [3.8, 4) is 0 Å². The second kappa shape index (κ2) is 4.41. The molecule has 0 aliphatic heterocycles. The zero-order valence-corrected chi connectivity index (χ0v) is 9.93. The number of aliphatic hydroxyl groups is 2. The van der Waals surface area contributed by atoms with Gasteiger partial charge in [0.25, 0.3) is 0 Å². The predicted octanol–water partition coefficient (Wildman–Crippen LogP) is 2.98. The first-order valence-corrected chi connectivity index (χ1v) is 5.98. The normalized spacial score (nSPS) is 11.2. The first-order chi connectivity index (χ1) is 8.81. The van der Waals surface area contributed by atoms with E-state index in [0.717, 1.165) is 21.9 Å². The molecule has 90 valence electrons. The molecule has 0 unspecified atom stereocenters. The van der Waals surface area contributed by atoms with Crippen molar-refractivity contribution in [1.82, 2.24) is 0 Å². The fourth-order valence-corrected chi connectivity index (χ4v) is 2.38. The van der Waals surface area contributed by atoms with Crippen molar-refractivity contribution in [3.63, 3.8) is 0 Å². The summed E-state index contributed by atoms with van der Waals surface area (Å²) >= 11 is 0. The highest BCUT2D eigenvalue weighted by Crippen LogP contribution is 2.26. The number of fused-ring (bicyclic) bond motifs is 2. The van der Waals surface area contributed by atoms with Crippen molar-refractivity contribution in [2.24, 2.45) is 0 Å². The zero-order valence-electron chi connectivity index (χ0n) is 9.93. The van der Waals surface area contributed by atoms with Crippen LogP contribution in [0.1, 0.15) is 11.1 Å². The second-order valence-electron chi connectivity index (χ2n) is 4.48. The first kappa shape index (κ1) is 11.2. The van der Waals surface area contributed by atoms with Crippen LogP contribution in [0.25, 0.3) is 21.5 Å². The van der Waals surface area contributed by atoms with Crippen LogP contribution in [0.4, 0.5) is 0 Å². The number of benzene rings is 3. The van der Waals surface area contributed by atoms with E-state index in [-0.39, 0.29) is 13.2 Å². The lowest BCUT2D eigenvalue weighted by Crippen LogP contribution is -1.94. The minimum Gasteiger partial charge on any atom is -0.392 e. The summed E-state index contributed by atoms with van der Waals surface area (Å²) in [5.41, 5.74) is 1.58. The van der Waals surface area contributed by atoms with Crippen LogP contribution in [0.15, 0.2) is 48.5 Å². The van der Waals surface area contributed by atoms with Crippen LogP contribution in [-0.4, -0.2) is 10.2 Å². The lowest BCUT2D eigenvalue weighted by atomic mass is 9.98. The number of hydrogen-bond acceptors (Lipinski definition) is 2. The Bertz CT molecular complexity index is 655. The maximum Gasteiger partial charge on any atom is 0.0685 e. The molecule has 3 rings (SSSR count). The maximum absolute atomic E-state index is 9.31. The SMILES string of the molecule is OCc1cc2cc3ccccc3cc2cc1CO. The van der Waals surface area contributed by atoms with Gasteiger partial charge in [0, 0.05) is 0 Å². The summed E-state index contributed by atoms with van der Waals surface area (Å²) in [6, 6.07) is 16.3. The van der Waals surface area contributed by atoms with Gasteiger partial charge >= 0.3 is 0 Å². The molecule has 3 aromatic carbocycles. The quantitative estimate of drug-likeness (QED) is 0.674. The van der Waals surface area contributed by atoms with Crippen LogP contribution in [0, 0.1) is 0 Å². The molecular weight excluding hydrogens is 224 g/mol. The van der Waals surface area contributed by atoms with Gasteiger partial charge in [0.1, 0.15) is 0 Å². The van der Waals surface area contributed by atoms with Gasteiger partial charge < -0.3 is 10.2 Å². The van der Waals surface area contributed by atoms with E-state index in [1.54, 1.807) is 0 Å². The zero-order chi connectivity index (χ0) is 12.5. The molecule has 0 saturated carbocycles. The predicted molar refractivity (Wildman–Crippen MR) is 73.3 cm³/mol. The van der Waals surface area contributed by atoms with E-state index in [4.69, 9.17) is 0 Å². The molecule has 0 amide bonds. The third kappa shape index (κ3) is 1.76. The molecule has 2 nitrogen and oxygen atoms in total. The number of rotatable bonds is 2. The van der Waals surface area contributed by atoms with Crippen LogP contribution in [0.5, 0.6) is 0 Å². The molecule has 18 heavy (non-hydrogen) atoms. The van der Waals surface area contributed by atoms with Gasteiger partial charge in [0.15, 0.2) is 0 Å². The highest BCUT2D eigenvalue weighted by atomic mass is 16.3. The van der Waals surface area contributed by atoms with Gasteiger partial charge in [0.05, 0.1) is 13.2 Å². The van der Waals surface area contributed by atoms with E-state index < -0.39 is 0 Å². The van der Waals surface area contributed by atoms with Gasteiger partial charge in [-0.25, -0.2) is 0 Å². The van der Waals surface area contributed by atoms with Crippen LogP contribution in [0.2, 0.25) is 0 Å². The van der Waals surface area contributed by atoms with Crippen molar-refractivity contribution in [1.29, 1.82) is 0 Å². The van der Waals surface area contributed by atoms with Crippen molar-refractivity contribution in [2.75, 3.05) is 0 Å². The lowest BCUT2D eigenvalue weighted by molar-refractivity contribution is 0.260. The van der Waals surface area contributed by atoms with E-state index >= 15 is 0 Å². The minimum absolute atomic E-state index is 0.0430. The van der Waals surface area contributed by atoms with Crippen molar-refractivity contribution < 1.29 is 10.2 Å². The van der Waals surface area contributed by atoms with Crippen LogP contribution < -0.4 is 0 Å². The Hall–Kier alpha value is -1.90. The van der Waals surface area contributed by atoms with Gasteiger partial charge in [-0.15, -0.1) is 0 Å². The van der Waals surface area contributed by atoms with Crippen LogP contribution in [-0.2, 0) is 13.2 Å². The molecule has 3 aromatic rings. The molecule has 0 aliphatic rings. The maximum atomic E-state index is 9.31. The molecule has 0 saturated heterocycles. The topological polar surface area (TPSA) is 40.5 Å². The first-order valence-electron chi connectivity index (χ1n) is 5.98. The van der Waals surface area contributed by atoms with Crippen molar-refractivity contribution in [3.05, 3.63) is 59.7 Å². The van der Waals surface area contributed by atoms with E-state index in [1.165, 1.54) is 10.8 Å². The van der Waals surface area contributed by atoms with Crippen molar-refractivity contribution >= 4 is 21.5 Å². The lowest BCUT2D eigenvalue weighted by Gasteiger charge is -2.08. The number of aliphatic hydroxyl groups excluding tert-OH is 2. The Balaban J connectivity index is 2.36. The van der Waals surface area contributed by atoms with Crippen molar-refractivity contribution in [2.45, 2.75) is 13.2 Å². The molecule has 0 aromatic heterocycles. The molecular formula is C16H14O2. The largest absolute Gasteiger partial charge is 0.392 e. The van der Waals surface area contributed by atoms with Crippen LogP contribution in [0.3, 0.4) is 0 Å². The second-order valence-corrected chi connectivity index (χ2v) is 4.48. The fraction of sp³-hybridized carbons (Fsp3) is 0.125. The summed E-state index contributed by atoms with van der Waals surface area (Å²) in [5.74, 6) is 0. The third-order valence-corrected chi connectivity index (χ3v) is 3.36. The number of hydrogen-bond donors (Lipinski definition) is 2. The molecule has 0 atom stereocenters. The van der Waals surface area contributed by atoms with Crippen LogP contribution >= 0.6 is 0 Å². The average molecular weight is 238 g/mol. The Labute approximate surface area is 105 Å². The Morgan fingerprint density at radius 1 is 0.611 bits per heavy atom. The molecule has 0 spiro atoms. The summed E-state index contributed by atoms with van der Waals surface area (Å²) in [7, 11) is 0. The Kier molecular flexibility index (Phi) is 2.74. The Morgan fingerprint density at radius 3 is 1.44 bits per heavy atom.